The Morgan fingerprint density at radius 1 is 1.22 bits per heavy atom. The summed E-state index contributed by atoms with van der Waals surface area (Å²) in [4.78, 5) is 39.0. The number of methoxy groups -OCH3 is 1. The minimum atomic E-state index is -1.61. The van der Waals surface area contributed by atoms with Crippen LogP contribution in [0.25, 0.3) is 11.1 Å². The van der Waals surface area contributed by atoms with E-state index in [4.69, 9.17) is 4.74 Å². The van der Waals surface area contributed by atoms with Crippen LogP contribution in [0.3, 0.4) is 0 Å². The molecule has 0 fully saturated rings. The molecule has 0 aliphatic rings. The molecule has 0 aliphatic carbocycles. The number of pyridine rings is 1. The van der Waals surface area contributed by atoms with E-state index >= 15 is 0 Å². The number of carbonyl (C=O) groups excluding carboxylic acids is 1. The molecule has 0 aliphatic heterocycles. The standard InChI is InChI=1S/C17H16N2O7S/c1-8-13(16(20)21)15(14(9(2)18-8)17(22)26-3)11-7-10(19(23)24)5-6-12(11)27(4)25/h5-7H,1-4H3,(H,20,21). The van der Waals surface area contributed by atoms with Crippen LogP contribution in [0.1, 0.15) is 32.1 Å². The summed E-state index contributed by atoms with van der Waals surface area (Å²) in [6.45, 7) is 2.94. The molecule has 1 atom stereocenters. The summed E-state index contributed by atoms with van der Waals surface area (Å²) < 4.78 is 16.9. The van der Waals surface area contributed by atoms with Gasteiger partial charge in [0.05, 0.1) is 45.3 Å². The number of non-ortho nitro benzene ring substituents is 1. The van der Waals surface area contributed by atoms with Crippen LogP contribution in [0.15, 0.2) is 23.1 Å². The predicted octanol–water partition coefficient (Wildman–Crippen LogP) is 2.50. The first kappa shape index (κ1) is 20.2. The second-order valence-electron chi connectivity index (χ2n) is 5.60. The van der Waals surface area contributed by atoms with Gasteiger partial charge in [0.1, 0.15) is 0 Å². The maximum Gasteiger partial charge on any atom is 0.340 e. The van der Waals surface area contributed by atoms with Crippen LogP contribution >= 0.6 is 0 Å². The van der Waals surface area contributed by atoms with E-state index in [1.807, 2.05) is 0 Å². The second-order valence-corrected chi connectivity index (χ2v) is 6.94. The average molecular weight is 392 g/mol. The molecule has 10 heteroatoms. The molecule has 9 nitrogen and oxygen atoms in total. The molecule has 0 saturated heterocycles. The number of nitro groups is 1. The zero-order valence-corrected chi connectivity index (χ0v) is 15.7. The van der Waals surface area contributed by atoms with E-state index in [0.29, 0.717) is 0 Å². The number of rotatable bonds is 5. The SMILES string of the molecule is COC(=O)c1c(C)nc(C)c(C(=O)O)c1-c1cc([N+](=O)[O-])ccc1S(C)=O. The van der Waals surface area contributed by atoms with Crippen molar-refractivity contribution in [3.05, 3.63) is 50.8 Å². The molecular weight excluding hydrogens is 376 g/mol. The molecule has 1 aromatic carbocycles. The van der Waals surface area contributed by atoms with E-state index in [1.54, 1.807) is 0 Å². The van der Waals surface area contributed by atoms with Gasteiger partial charge in [0, 0.05) is 34.4 Å². The summed E-state index contributed by atoms with van der Waals surface area (Å²) in [5, 5.41) is 20.9. The van der Waals surface area contributed by atoms with Crippen LogP contribution in [-0.4, -0.2) is 44.5 Å². The van der Waals surface area contributed by atoms with Crippen LogP contribution in [-0.2, 0) is 15.5 Å². The summed E-state index contributed by atoms with van der Waals surface area (Å²) in [7, 11) is -0.486. The zero-order chi connectivity index (χ0) is 20.5. The Labute approximate surface area is 156 Å². The summed E-state index contributed by atoms with van der Waals surface area (Å²) in [6, 6.07) is 3.55. The van der Waals surface area contributed by atoms with Gasteiger partial charge in [-0.1, -0.05) is 0 Å². The third-order valence-electron chi connectivity index (χ3n) is 3.92. The Kier molecular flexibility index (Phi) is 5.69. The number of carbonyl (C=O) groups is 2. The van der Waals surface area contributed by atoms with Crippen LogP contribution in [0, 0.1) is 24.0 Å². The number of nitrogens with zero attached hydrogens (tertiary/aromatic N) is 2. The van der Waals surface area contributed by atoms with Crippen molar-refractivity contribution in [2.45, 2.75) is 18.7 Å². The fourth-order valence-electron chi connectivity index (χ4n) is 2.81. The lowest BCUT2D eigenvalue weighted by molar-refractivity contribution is -0.384. The molecule has 0 radical (unpaired) electrons. The number of aromatic nitrogens is 1. The number of carboxylic acid groups (broad SMARTS) is 1. The number of nitro benzene ring substituents is 1. The molecule has 1 heterocycles. The molecule has 2 aromatic rings. The summed E-state index contributed by atoms with van der Waals surface area (Å²) in [5.41, 5.74) is -0.579. The highest BCUT2D eigenvalue weighted by molar-refractivity contribution is 7.84. The Balaban J connectivity index is 3.11. The number of hydrogen-bond acceptors (Lipinski definition) is 7. The fraction of sp³-hybridized carbons (Fsp3) is 0.235. The van der Waals surface area contributed by atoms with Gasteiger partial charge >= 0.3 is 11.9 Å². The van der Waals surface area contributed by atoms with E-state index in [1.165, 1.54) is 32.2 Å². The first-order chi connectivity index (χ1) is 12.6. The predicted molar refractivity (Wildman–Crippen MR) is 96.4 cm³/mol. The van der Waals surface area contributed by atoms with Crippen molar-refractivity contribution in [3.8, 4) is 11.1 Å². The molecule has 0 bridgehead atoms. The van der Waals surface area contributed by atoms with Gasteiger partial charge in [-0.3, -0.25) is 19.3 Å². The lowest BCUT2D eigenvalue weighted by atomic mass is 9.92. The van der Waals surface area contributed by atoms with Gasteiger partial charge in [0.2, 0.25) is 0 Å². The van der Waals surface area contributed by atoms with E-state index in [0.717, 1.165) is 13.2 Å². The Morgan fingerprint density at radius 3 is 2.30 bits per heavy atom. The molecule has 0 saturated carbocycles. The average Bonchev–Trinajstić information content (AvgIpc) is 2.59. The van der Waals surface area contributed by atoms with E-state index in [2.05, 4.69) is 4.98 Å². The van der Waals surface area contributed by atoms with Crippen LogP contribution in [0.2, 0.25) is 0 Å². The lowest BCUT2D eigenvalue weighted by Crippen LogP contribution is -2.15. The molecule has 1 aromatic heterocycles. The minimum Gasteiger partial charge on any atom is -0.478 e. The van der Waals surface area contributed by atoms with E-state index in [9.17, 15) is 29.0 Å². The Morgan fingerprint density at radius 2 is 1.81 bits per heavy atom. The summed E-state index contributed by atoms with van der Waals surface area (Å²) in [6.07, 6.45) is 1.35. The molecule has 142 valence electrons. The molecule has 27 heavy (non-hydrogen) atoms. The van der Waals surface area contributed by atoms with Gasteiger partial charge in [-0.2, -0.15) is 0 Å². The van der Waals surface area contributed by atoms with Crippen molar-refractivity contribution >= 4 is 28.4 Å². The topological polar surface area (TPSA) is 137 Å². The van der Waals surface area contributed by atoms with Crippen LogP contribution < -0.4 is 0 Å². The maximum absolute atomic E-state index is 12.3. The minimum absolute atomic E-state index is 0.0106. The van der Waals surface area contributed by atoms with Gasteiger partial charge < -0.3 is 9.84 Å². The number of aromatic carboxylic acids is 1. The first-order valence-corrected chi connectivity index (χ1v) is 9.11. The van der Waals surface area contributed by atoms with Gasteiger partial charge in [-0.15, -0.1) is 0 Å². The molecule has 1 unspecified atom stereocenters. The number of ether oxygens (including phenoxy) is 1. The highest BCUT2D eigenvalue weighted by Crippen LogP contribution is 2.37. The maximum atomic E-state index is 12.3. The van der Waals surface area contributed by atoms with Crippen LogP contribution in [0.4, 0.5) is 5.69 Å². The molecular formula is C17H16N2O7S. The third-order valence-corrected chi connectivity index (χ3v) is 4.89. The van der Waals surface area contributed by atoms with E-state index in [-0.39, 0.29) is 44.2 Å². The smallest absolute Gasteiger partial charge is 0.340 e. The largest absolute Gasteiger partial charge is 0.478 e. The van der Waals surface area contributed by atoms with Crippen molar-refractivity contribution in [1.82, 2.24) is 4.98 Å². The van der Waals surface area contributed by atoms with Gasteiger partial charge in [0.25, 0.3) is 5.69 Å². The molecule has 1 N–H and O–H groups in total. The van der Waals surface area contributed by atoms with Crippen molar-refractivity contribution in [1.29, 1.82) is 0 Å². The molecule has 0 spiro atoms. The Hall–Kier alpha value is -3.14. The van der Waals surface area contributed by atoms with Gasteiger partial charge in [0.15, 0.2) is 0 Å². The first-order valence-electron chi connectivity index (χ1n) is 7.55. The number of benzene rings is 1. The van der Waals surface area contributed by atoms with Crippen molar-refractivity contribution in [3.63, 3.8) is 0 Å². The monoisotopic (exact) mass is 392 g/mol. The second kappa shape index (κ2) is 7.62. The normalized spacial score (nSPS) is 11.7. The lowest BCUT2D eigenvalue weighted by Gasteiger charge is -2.17. The highest BCUT2D eigenvalue weighted by atomic mass is 32.2. The third kappa shape index (κ3) is 3.70. The molecule has 2 rings (SSSR count). The zero-order valence-electron chi connectivity index (χ0n) is 14.9. The van der Waals surface area contributed by atoms with Gasteiger partial charge in [-0.05, 0) is 19.9 Å². The van der Waals surface area contributed by atoms with E-state index < -0.39 is 27.7 Å². The number of aryl methyl sites for hydroxylation is 2. The fourth-order valence-corrected chi connectivity index (χ4v) is 3.54. The quantitative estimate of drug-likeness (QED) is 0.465. The number of hydrogen-bond donors (Lipinski definition) is 1. The van der Waals surface area contributed by atoms with Crippen molar-refractivity contribution in [2.75, 3.05) is 13.4 Å². The van der Waals surface area contributed by atoms with Crippen molar-refractivity contribution < 1.29 is 28.6 Å². The summed E-state index contributed by atoms with van der Waals surface area (Å²) in [5.74, 6) is -2.23. The summed E-state index contributed by atoms with van der Waals surface area (Å²) >= 11 is 0. The highest BCUT2D eigenvalue weighted by Gasteiger charge is 2.29. The Bertz CT molecular complexity index is 1000. The molecule has 0 amide bonds. The van der Waals surface area contributed by atoms with Crippen molar-refractivity contribution in [2.24, 2.45) is 0 Å². The number of carboxylic acids is 1. The van der Waals surface area contributed by atoms with Gasteiger partial charge in [-0.25, -0.2) is 9.59 Å². The number of esters is 1. The van der Waals surface area contributed by atoms with Crippen LogP contribution in [0.5, 0.6) is 0 Å².